The van der Waals surface area contributed by atoms with E-state index in [2.05, 4.69) is 0 Å². The lowest BCUT2D eigenvalue weighted by Crippen LogP contribution is -2.51. The molecule has 0 radical (unpaired) electrons. The Labute approximate surface area is 163 Å². The van der Waals surface area contributed by atoms with Gasteiger partial charge in [-0.25, -0.2) is 0 Å². The molecule has 1 fully saturated rings. The molecule has 7 heteroatoms. The molecule has 2 aromatic rings. The third kappa shape index (κ3) is 5.20. The molecule has 0 saturated carbocycles. The highest BCUT2D eigenvalue weighted by molar-refractivity contribution is 6.30. The van der Waals surface area contributed by atoms with Gasteiger partial charge >= 0.3 is 0 Å². The fourth-order valence-corrected chi connectivity index (χ4v) is 3.24. The molecule has 3 rings (SSSR count). The van der Waals surface area contributed by atoms with Crippen molar-refractivity contribution in [3.8, 4) is 0 Å². The summed E-state index contributed by atoms with van der Waals surface area (Å²) in [5.74, 6) is 0.0656. The SMILES string of the molecule is O=C(CCn1ccccc1=O)N1CCN(C(=O)Cc2ccc(Cl)cc2)CC1. The zero-order chi connectivity index (χ0) is 19.2. The molecule has 0 aliphatic carbocycles. The number of rotatable bonds is 5. The standard InChI is InChI=1S/C20H22ClN3O3/c21-17-6-4-16(5-7-17)15-20(27)24-13-11-23(12-14-24)19(26)8-10-22-9-2-1-3-18(22)25/h1-7,9H,8,10-15H2. The van der Waals surface area contributed by atoms with Crippen LogP contribution < -0.4 is 5.56 Å². The number of hydrogen-bond donors (Lipinski definition) is 0. The maximum atomic E-state index is 12.4. The fraction of sp³-hybridized carbons (Fsp3) is 0.350. The van der Waals surface area contributed by atoms with Crippen molar-refractivity contribution >= 4 is 23.4 Å². The minimum atomic E-state index is -0.108. The van der Waals surface area contributed by atoms with Gasteiger partial charge in [-0.2, -0.15) is 0 Å². The predicted octanol–water partition coefficient (Wildman–Crippen LogP) is 1.81. The summed E-state index contributed by atoms with van der Waals surface area (Å²) in [4.78, 5) is 40.0. The first-order valence-corrected chi connectivity index (χ1v) is 9.36. The summed E-state index contributed by atoms with van der Waals surface area (Å²) < 4.78 is 1.53. The monoisotopic (exact) mass is 387 g/mol. The Morgan fingerprint density at radius 3 is 2.15 bits per heavy atom. The van der Waals surface area contributed by atoms with Crippen LogP contribution in [0.15, 0.2) is 53.5 Å². The number of aromatic nitrogens is 1. The highest BCUT2D eigenvalue weighted by Crippen LogP contribution is 2.12. The molecule has 0 spiro atoms. The van der Waals surface area contributed by atoms with Gasteiger partial charge in [0, 0.05) is 56.4 Å². The zero-order valence-corrected chi connectivity index (χ0v) is 15.8. The third-order valence-corrected chi connectivity index (χ3v) is 4.97. The van der Waals surface area contributed by atoms with Crippen molar-refractivity contribution < 1.29 is 9.59 Å². The molecule has 1 aliphatic rings. The lowest BCUT2D eigenvalue weighted by Gasteiger charge is -2.35. The number of carbonyl (C=O) groups is 2. The predicted molar refractivity (Wildman–Crippen MR) is 104 cm³/mol. The smallest absolute Gasteiger partial charge is 0.250 e. The minimum Gasteiger partial charge on any atom is -0.339 e. The fourth-order valence-electron chi connectivity index (χ4n) is 3.11. The number of hydrogen-bond acceptors (Lipinski definition) is 3. The van der Waals surface area contributed by atoms with E-state index in [1.165, 1.54) is 10.6 Å². The number of benzene rings is 1. The molecule has 0 unspecified atom stereocenters. The van der Waals surface area contributed by atoms with Crippen LogP contribution in [0.4, 0.5) is 0 Å². The normalized spacial score (nSPS) is 14.3. The Balaban J connectivity index is 1.45. The Morgan fingerprint density at radius 1 is 0.889 bits per heavy atom. The van der Waals surface area contributed by atoms with Crippen molar-refractivity contribution in [3.05, 3.63) is 69.6 Å². The number of piperazine rings is 1. The molecule has 0 N–H and O–H groups in total. The molecule has 1 aromatic carbocycles. The number of nitrogens with zero attached hydrogens (tertiary/aromatic N) is 3. The second-order valence-electron chi connectivity index (χ2n) is 6.55. The Kier molecular flexibility index (Phi) is 6.29. The summed E-state index contributed by atoms with van der Waals surface area (Å²) in [6, 6.07) is 12.2. The largest absolute Gasteiger partial charge is 0.339 e. The number of pyridine rings is 1. The second kappa shape index (κ2) is 8.86. The summed E-state index contributed by atoms with van der Waals surface area (Å²) in [6.45, 7) is 2.48. The molecule has 1 saturated heterocycles. The topological polar surface area (TPSA) is 62.6 Å². The van der Waals surface area contributed by atoms with E-state index in [9.17, 15) is 14.4 Å². The van der Waals surface area contributed by atoms with Crippen LogP contribution in [0.25, 0.3) is 0 Å². The summed E-state index contributed by atoms with van der Waals surface area (Å²) in [5.41, 5.74) is 0.819. The molecule has 6 nitrogen and oxygen atoms in total. The van der Waals surface area contributed by atoms with Gasteiger partial charge in [0.2, 0.25) is 11.8 Å². The van der Waals surface area contributed by atoms with Crippen molar-refractivity contribution in [2.45, 2.75) is 19.4 Å². The van der Waals surface area contributed by atoms with E-state index in [1.54, 1.807) is 40.3 Å². The Bertz CT molecular complexity index is 855. The molecule has 27 heavy (non-hydrogen) atoms. The maximum Gasteiger partial charge on any atom is 0.250 e. The lowest BCUT2D eigenvalue weighted by atomic mass is 10.1. The van der Waals surface area contributed by atoms with E-state index in [1.807, 2.05) is 12.1 Å². The first kappa shape index (κ1) is 19.2. The second-order valence-corrected chi connectivity index (χ2v) is 6.98. The van der Waals surface area contributed by atoms with Crippen molar-refractivity contribution in [3.63, 3.8) is 0 Å². The van der Waals surface area contributed by atoms with Crippen molar-refractivity contribution in [2.75, 3.05) is 26.2 Å². The Hall–Kier alpha value is -2.60. The first-order chi connectivity index (χ1) is 13.0. The minimum absolute atomic E-state index is 0.00977. The number of amides is 2. The average molecular weight is 388 g/mol. The van der Waals surface area contributed by atoms with E-state index in [0.29, 0.717) is 44.2 Å². The highest BCUT2D eigenvalue weighted by Gasteiger charge is 2.23. The number of aryl methyl sites for hydroxylation is 1. The maximum absolute atomic E-state index is 12.4. The molecule has 1 aliphatic heterocycles. The lowest BCUT2D eigenvalue weighted by molar-refractivity contribution is -0.139. The molecule has 2 amide bonds. The van der Waals surface area contributed by atoms with E-state index < -0.39 is 0 Å². The molecular formula is C20H22ClN3O3. The van der Waals surface area contributed by atoms with Crippen LogP contribution in [0.1, 0.15) is 12.0 Å². The van der Waals surface area contributed by atoms with E-state index in [4.69, 9.17) is 11.6 Å². The van der Waals surface area contributed by atoms with Crippen LogP contribution in [-0.2, 0) is 22.6 Å². The molecule has 0 bridgehead atoms. The van der Waals surface area contributed by atoms with E-state index in [-0.39, 0.29) is 23.8 Å². The van der Waals surface area contributed by atoms with Crippen LogP contribution in [0.3, 0.4) is 0 Å². The van der Waals surface area contributed by atoms with Crippen LogP contribution in [0.2, 0.25) is 5.02 Å². The average Bonchev–Trinajstić information content (AvgIpc) is 2.69. The van der Waals surface area contributed by atoms with E-state index >= 15 is 0 Å². The van der Waals surface area contributed by atoms with Crippen molar-refractivity contribution in [1.29, 1.82) is 0 Å². The van der Waals surface area contributed by atoms with Gasteiger partial charge in [0.15, 0.2) is 0 Å². The van der Waals surface area contributed by atoms with Gasteiger partial charge in [0.05, 0.1) is 6.42 Å². The third-order valence-electron chi connectivity index (χ3n) is 4.72. The van der Waals surface area contributed by atoms with Crippen LogP contribution >= 0.6 is 11.6 Å². The summed E-state index contributed by atoms with van der Waals surface area (Å²) in [6.07, 6.45) is 2.30. The summed E-state index contributed by atoms with van der Waals surface area (Å²) in [7, 11) is 0. The quantitative estimate of drug-likeness (QED) is 0.786. The van der Waals surface area contributed by atoms with Gasteiger partial charge in [-0.05, 0) is 23.8 Å². The number of carbonyl (C=O) groups excluding carboxylic acids is 2. The molecular weight excluding hydrogens is 366 g/mol. The van der Waals surface area contributed by atoms with Crippen molar-refractivity contribution in [1.82, 2.24) is 14.4 Å². The molecule has 142 valence electrons. The van der Waals surface area contributed by atoms with Gasteiger partial charge in [-0.1, -0.05) is 29.8 Å². The first-order valence-electron chi connectivity index (χ1n) is 8.98. The number of halogens is 1. The van der Waals surface area contributed by atoms with Crippen LogP contribution in [-0.4, -0.2) is 52.4 Å². The molecule has 0 atom stereocenters. The molecule has 1 aromatic heterocycles. The highest BCUT2D eigenvalue weighted by atomic mass is 35.5. The summed E-state index contributed by atoms with van der Waals surface area (Å²) in [5, 5.41) is 0.649. The van der Waals surface area contributed by atoms with Gasteiger partial charge < -0.3 is 14.4 Å². The molecule has 2 heterocycles. The Morgan fingerprint density at radius 2 is 1.52 bits per heavy atom. The van der Waals surface area contributed by atoms with Gasteiger partial charge in [0.1, 0.15) is 0 Å². The van der Waals surface area contributed by atoms with Crippen LogP contribution in [0.5, 0.6) is 0 Å². The van der Waals surface area contributed by atoms with E-state index in [0.717, 1.165) is 5.56 Å². The van der Waals surface area contributed by atoms with Crippen LogP contribution in [0, 0.1) is 0 Å². The van der Waals surface area contributed by atoms with Gasteiger partial charge in [-0.3, -0.25) is 14.4 Å². The van der Waals surface area contributed by atoms with Gasteiger partial charge in [0.25, 0.3) is 5.56 Å². The zero-order valence-electron chi connectivity index (χ0n) is 15.0. The van der Waals surface area contributed by atoms with Gasteiger partial charge in [-0.15, -0.1) is 0 Å². The summed E-state index contributed by atoms with van der Waals surface area (Å²) >= 11 is 5.86. The van der Waals surface area contributed by atoms with Crippen molar-refractivity contribution in [2.24, 2.45) is 0 Å².